The molecule has 4 heteroatoms. The molecule has 2 aromatic rings. The summed E-state index contributed by atoms with van der Waals surface area (Å²) >= 11 is 1.87. The lowest BCUT2D eigenvalue weighted by molar-refractivity contribution is 0.181. The van der Waals surface area contributed by atoms with Crippen molar-refractivity contribution >= 4 is 11.3 Å². The van der Waals surface area contributed by atoms with Crippen LogP contribution in [0.25, 0.3) is 0 Å². The van der Waals surface area contributed by atoms with Crippen molar-refractivity contribution in [2.75, 3.05) is 13.1 Å². The van der Waals surface area contributed by atoms with Crippen LogP contribution < -0.4 is 5.73 Å². The van der Waals surface area contributed by atoms with Gasteiger partial charge in [-0.25, -0.2) is 0 Å². The van der Waals surface area contributed by atoms with E-state index in [2.05, 4.69) is 27.4 Å². The average molecular weight is 259 g/mol. The van der Waals surface area contributed by atoms with Crippen LogP contribution in [0.2, 0.25) is 0 Å². The van der Waals surface area contributed by atoms with Gasteiger partial charge < -0.3 is 5.73 Å². The van der Waals surface area contributed by atoms with Crippen molar-refractivity contribution in [1.29, 1.82) is 0 Å². The number of fused-ring (bicyclic) bond motifs is 1. The lowest BCUT2D eigenvalue weighted by Crippen LogP contribution is -2.37. The highest BCUT2D eigenvalue weighted by Gasteiger charge is 2.24. The lowest BCUT2D eigenvalue weighted by atomic mass is 10.0. The minimum atomic E-state index is 0.235. The molecule has 0 fully saturated rings. The SMILES string of the molecule is NCC(c1ccccn1)N1CCc2sccc2C1. The Morgan fingerprint density at radius 3 is 3.11 bits per heavy atom. The normalized spacial score (nSPS) is 17.4. The van der Waals surface area contributed by atoms with Crippen LogP contribution in [0.5, 0.6) is 0 Å². The van der Waals surface area contributed by atoms with Crippen LogP contribution in [-0.4, -0.2) is 23.0 Å². The summed E-state index contributed by atoms with van der Waals surface area (Å²) in [5.41, 5.74) is 8.49. The topological polar surface area (TPSA) is 42.1 Å². The maximum atomic E-state index is 5.95. The number of pyridine rings is 1. The fourth-order valence-corrected chi connectivity index (χ4v) is 3.46. The fraction of sp³-hybridized carbons (Fsp3) is 0.357. The van der Waals surface area contributed by atoms with Crippen LogP contribution in [0.15, 0.2) is 35.8 Å². The maximum absolute atomic E-state index is 5.95. The molecule has 1 atom stereocenters. The predicted octanol–water partition coefficient (Wildman–Crippen LogP) is 2.20. The first-order valence-corrected chi connectivity index (χ1v) is 7.16. The molecule has 0 saturated carbocycles. The third kappa shape index (κ3) is 2.19. The van der Waals surface area contributed by atoms with Gasteiger partial charge in [-0.3, -0.25) is 9.88 Å². The molecule has 0 saturated heterocycles. The first kappa shape index (κ1) is 11.8. The Morgan fingerprint density at radius 2 is 2.33 bits per heavy atom. The molecule has 3 heterocycles. The van der Waals surface area contributed by atoms with E-state index >= 15 is 0 Å². The van der Waals surface area contributed by atoms with Crippen molar-refractivity contribution in [2.24, 2.45) is 5.73 Å². The van der Waals surface area contributed by atoms with Gasteiger partial charge in [-0.1, -0.05) is 6.07 Å². The Balaban J connectivity index is 1.82. The molecule has 1 aliphatic rings. The van der Waals surface area contributed by atoms with Crippen molar-refractivity contribution in [3.05, 3.63) is 52.0 Å². The second-order valence-corrected chi connectivity index (χ2v) is 5.60. The highest BCUT2D eigenvalue weighted by atomic mass is 32.1. The second-order valence-electron chi connectivity index (χ2n) is 4.60. The Bertz CT molecular complexity index is 509. The molecule has 18 heavy (non-hydrogen) atoms. The van der Waals surface area contributed by atoms with Crippen molar-refractivity contribution in [2.45, 2.75) is 19.0 Å². The number of aromatic nitrogens is 1. The van der Waals surface area contributed by atoms with Crippen molar-refractivity contribution < 1.29 is 0 Å². The zero-order chi connectivity index (χ0) is 12.4. The minimum Gasteiger partial charge on any atom is -0.329 e. The van der Waals surface area contributed by atoms with Gasteiger partial charge in [0.15, 0.2) is 0 Å². The van der Waals surface area contributed by atoms with Gasteiger partial charge in [0, 0.05) is 30.7 Å². The summed E-state index contributed by atoms with van der Waals surface area (Å²) < 4.78 is 0. The summed E-state index contributed by atoms with van der Waals surface area (Å²) in [6.45, 7) is 2.69. The van der Waals surface area contributed by atoms with E-state index in [0.717, 1.165) is 25.2 Å². The number of nitrogens with zero attached hydrogens (tertiary/aromatic N) is 2. The number of hydrogen-bond acceptors (Lipinski definition) is 4. The molecule has 0 amide bonds. The van der Waals surface area contributed by atoms with Gasteiger partial charge in [-0.2, -0.15) is 0 Å². The number of thiophene rings is 1. The molecule has 1 aliphatic heterocycles. The molecule has 2 aromatic heterocycles. The van der Waals surface area contributed by atoms with Gasteiger partial charge in [0.2, 0.25) is 0 Å². The van der Waals surface area contributed by atoms with Crippen molar-refractivity contribution in [3.8, 4) is 0 Å². The van der Waals surface area contributed by atoms with E-state index in [1.54, 1.807) is 0 Å². The minimum absolute atomic E-state index is 0.235. The number of rotatable bonds is 3. The molecular weight excluding hydrogens is 242 g/mol. The molecular formula is C14H17N3S. The molecule has 3 nitrogen and oxygen atoms in total. The van der Waals surface area contributed by atoms with Gasteiger partial charge >= 0.3 is 0 Å². The highest BCUT2D eigenvalue weighted by Crippen LogP contribution is 2.29. The van der Waals surface area contributed by atoms with Crippen molar-refractivity contribution in [1.82, 2.24) is 9.88 Å². The van der Waals surface area contributed by atoms with E-state index < -0.39 is 0 Å². The summed E-state index contributed by atoms with van der Waals surface area (Å²) in [6, 6.07) is 8.52. The Hall–Kier alpha value is -1.23. The molecule has 0 aliphatic carbocycles. The van der Waals surface area contributed by atoms with Gasteiger partial charge in [0.25, 0.3) is 0 Å². The maximum Gasteiger partial charge on any atom is 0.0647 e. The highest BCUT2D eigenvalue weighted by molar-refractivity contribution is 7.10. The van der Waals surface area contributed by atoms with E-state index in [-0.39, 0.29) is 6.04 Å². The predicted molar refractivity (Wildman–Crippen MR) is 74.5 cm³/mol. The largest absolute Gasteiger partial charge is 0.329 e. The van der Waals surface area contributed by atoms with Crippen LogP contribution in [0.1, 0.15) is 22.2 Å². The van der Waals surface area contributed by atoms with Crippen LogP contribution in [0.4, 0.5) is 0 Å². The summed E-state index contributed by atoms with van der Waals surface area (Å²) in [6.07, 6.45) is 2.98. The van der Waals surface area contributed by atoms with Gasteiger partial charge in [-0.05, 0) is 35.6 Å². The standard InChI is InChI=1S/C14H17N3S/c15-9-13(12-3-1-2-6-16-12)17-7-4-14-11(10-17)5-8-18-14/h1-3,5-6,8,13H,4,7,9-10,15H2. The monoisotopic (exact) mass is 259 g/mol. The first-order valence-electron chi connectivity index (χ1n) is 6.29. The Kier molecular flexibility index (Phi) is 3.41. The van der Waals surface area contributed by atoms with E-state index in [9.17, 15) is 0 Å². The van der Waals surface area contributed by atoms with Gasteiger partial charge in [-0.15, -0.1) is 11.3 Å². The van der Waals surface area contributed by atoms with Crippen LogP contribution in [-0.2, 0) is 13.0 Å². The third-order valence-electron chi connectivity index (χ3n) is 3.53. The average Bonchev–Trinajstić information content (AvgIpc) is 2.88. The molecule has 0 spiro atoms. The molecule has 3 rings (SSSR count). The molecule has 0 radical (unpaired) electrons. The number of hydrogen-bond donors (Lipinski definition) is 1. The van der Waals surface area contributed by atoms with Crippen LogP contribution in [0.3, 0.4) is 0 Å². The van der Waals surface area contributed by atoms with E-state index in [1.165, 1.54) is 10.4 Å². The van der Waals surface area contributed by atoms with E-state index in [1.807, 2.05) is 29.7 Å². The quantitative estimate of drug-likeness (QED) is 0.919. The summed E-state index contributed by atoms with van der Waals surface area (Å²) in [4.78, 5) is 8.42. The smallest absolute Gasteiger partial charge is 0.0647 e. The molecule has 2 N–H and O–H groups in total. The van der Waals surface area contributed by atoms with E-state index in [0.29, 0.717) is 6.54 Å². The molecule has 0 bridgehead atoms. The first-order chi connectivity index (χ1) is 8.88. The summed E-state index contributed by atoms with van der Waals surface area (Å²) in [5, 5.41) is 2.19. The summed E-state index contributed by atoms with van der Waals surface area (Å²) in [5.74, 6) is 0. The Labute approximate surface area is 111 Å². The van der Waals surface area contributed by atoms with Crippen LogP contribution in [0, 0.1) is 0 Å². The zero-order valence-corrected chi connectivity index (χ0v) is 11.1. The number of nitrogens with two attached hydrogens (primary N) is 1. The van der Waals surface area contributed by atoms with Gasteiger partial charge in [0.05, 0.1) is 11.7 Å². The molecule has 1 unspecified atom stereocenters. The van der Waals surface area contributed by atoms with Crippen molar-refractivity contribution in [3.63, 3.8) is 0 Å². The van der Waals surface area contributed by atoms with Gasteiger partial charge in [0.1, 0.15) is 0 Å². The van der Waals surface area contributed by atoms with E-state index in [4.69, 9.17) is 5.73 Å². The Morgan fingerprint density at radius 1 is 1.39 bits per heavy atom. The van der Waals surface area contributed by atoms with Crippen LogP contribution >= 0.6 is 11.3 Å². The summed E-state index contributed by atoms with van der Waals surface area (Å²) in [7, 11) is 0. The second kappa shape index (κ2) is 5.18. The molecule has 0 aromatic carbocycles. The zero-order valence-electron chi connectivity index (χ0n) is 10.2. The molecule has 94 valence electrons. The lowest BCUT2D eigenvalue weighted by Gasteiger charge is -2.33. The fourth-order valence-electron chi connectivity index (χ4n) is 2.57. The third-order valence-corrected chi connectivity index (χ3v) is 4.55.